The highest BCUT2D eigenvalue weighted by Crippen LogP contribution is 2.15. The fourth-order valence-corrected chi connectivity index (χ4v) is 2.71. The number of carbonyl (C=O) groups is 1. The minimum Gasteiger partial charge on any atom is -0.481 e. The predicted molar refractivity (Wildman–Crippen MR) is 88.7 cm³/mol. The van der Waals surface area contributed by atoms with Crippen LogP contribution in [0.2, 0.25) is 0 Å². The van der Waals surface area contributed by atoms with Crippen molar-refractivity contribution >= 4 is 5.97 Å². The van der Waals surface area contributed by atoms with Gasteiger partial charge in [-0.2, -0.15) is 0 Å². The number of carboxylic acid groups (broad SMARTS) is 1. The van der Waals surface area contributed by atoms with E-state index in [1.807, 2.05) is 7.11 Å². The van der Waals surface area contributed by atoms with Crippen molar-refractivity contribution in [2.75, 3.05) is 7.11 Å². The van der Waals surface area contributed by atoms with Crippen molar-refractivity contribution in [2.24, 2.45) is 0 Å². The van der Waals surface area contributed by atoms with E-state index in [4.69, 9.17) is 9.84 Å². The topological polar surface area (TPSA) is 46.5 Å². The third kappa shape index (κ3) is 15.6. The lowest BCUT2D eigenvalue weighted by Gasteiger charge is -2.14. The lowest BCUT2D eigenvalue weighted by molar-refractivity contribution is -0.137. The molecule has 0 aliphatic rings. The van der Waals surface area contributed by atoms with Gasteiger partial charge in [-0.25, -0.2) is 0 Å². The molecule has 0 saturated heterocycles. The largest absolute Gasteiger partial charge is 0.481 e. The Labute approximate surface area is 131 Å². The van der Waals surface area contributed by atoms with Gasteiger partial charge in [0.2, 0.25) is 0 Å². The quantitative estimate of drug-likeness (QED) is 0.379. The van der Waals surface area contributed by atoms with E-state index in [1.165, 1.54) is 70.6 Å². The second kappa shape index (κ2) is 15.8. The summed E-state index contributed by atoms with van der Waals surface area (Å²) in [6.07, 6.45) is 16.6. The van der Waals surface area contributed by atoms with Crippen LogP contribution in [0.1, 0.15) is 96.8 Å². The molecular weight excluding hydrogens is 264 g/mol. The third-order valence-electron chi connectivity index (χ3n) is 4.13. The van der Waals surface area contributed by atoms with E-state index < -0.39 is 5.97 Å². The fourth-order valence-electron chi connectivity index (χ4n) is 2.71. The van der Waals surface area contributed by atoms with Gasteiger partial charge in [-0.05, 0) is 19.3 Å². The lowest BCUT2D eigenvalue weighted by Crippen LogP contribution is -2.10. The highest BCUT2D eigenvalue weighted by atomic mass is 16.5. The smallest absolute Gasteiger partial charge is 0.303 e. The Morgan fingerprint density at radius 3 is 1.81 bits per heavy atom. The van der Waals surface area contributed by atoms with Gasteiger partial charge in [0.15, 0.2) is 0 Å². The van der Waals surface area contributed by atoms with Crippen LogP contribution in [0.25, 0.3) is 0 Å². The van der Waals surface area contributed by atoms with Crippen LogP contribution in [0, 0.1) is 0 Å². The number of ether oxygens (including phenoxy) is 1. The van der Waals surface area contributed by atoms with E-state index in [0.29, 0.717) is 12.5 Å². The van der Waals surface area contributed by atoms with Gasteiger partial charge in [0.25, 0.3) is 0 Å². The number of hydrogen-bond donors (Lipinski definition) is 1. The number of carboxylic acids is 1. The maximum Gasteiger partial charge on any atom is 0.303 e. The molecule has 126 valence electrons. The Morgan fingerprint density at radius 1 is 0.857 bits per heavy atom. The minimum absolute atomic E-state index is 0.327. The summed E-state index contributed by atoms with van der Waals surface area (Å²) in [6, 6.07) is 0. The summed E-state index contributed by atoms with van der Waals surface area (Å²) >= 11 is 0. The molecule has 0 aromatic carbocycles. The van der Waals surface area contributed by atoms with Gasteiger partial charge in [0.05, 0.1) is 6.10 Å². The minimum atomic E-state index is -0.667. The van der Waals surface area contributed by atoms with Crippen molar-refractivity contribution in [2.45, 2.75) is 103 Å². The summed E-state index contributed by atoms with van der Waals surface area (Å²) in [5.74, 6) is -0.667. The first-order valence-electron chi connectivity index (χ1n) is 8.95. The summed E-state index contributed by atoms with van der Waals surface area (Å²) in [5, 5.41) is 8.54. The molecule has 3 nitrogen and oxygen atoms in total. The molecule has 0 fully saturated rings. The van der Waals surface area contributed by atoms with Gasteiger partial charge in [0, 0.05) is 13.5 Å². The molecular formula is C18H36O3. The monoisotopic (exact) mass is 300 g/mol. The van der Waals surface area contributed by atoms with E-state index in [-0.39, 0.29) is 0 Å². The Morgan fingerprint density at radius 2 is 1.33 bits per heavy atom. The number of methoxy groups -OCH3 is 1. The van der Waals surface area contributed by atoms with Crippen molar-refractivity contribution in [1.82, 2.24) is 0 Å². The maximum absolute atomic E-state index is 10.4. The molecule has 0 heterocycles. The second-order valence-electron chi connectivity index (χ2n) is 6.11. The lowest BCUT2D eigenvalue weighted by atomic mass is 10.0. The van der Waals surface area contributed by atoms with Crippen LogP contribution in [0.3, 0.4) is 0 Å². The maximum atomic E-state index is 10.4. The zero-order valence-corrected chi connectivity index (χ0v) is 14.2. The average Bonchev–Trinajstić information content (AvgIpc) is 2.47. The van der Waals surface area contributed by atoms with Crippen molar-refractivity contribution in [3.05, 3.63) is 0 Å². The van der Waals surface area contributed by atoms with Crippen LogP contribution >= 0.6 is 0 Å². The molecule has 0 aromatic rings. The SMILES string of the molecule is CCCCCCC(CCCCCCCCCC(=O)O)OC. The van der Waals surface area contributed by atoms with Crippen molar-refractivity contribution in [1.29, 1.82) is 0 Å². The van der Waals surface area contributed by atoms with Crippen LogP contribution in [-0.4, -0.2) is 24.3 Å². The van der Waals surface area contributed by atoms with Gasteiger partial charge >= 0.3 is 5.97 Å². The van der Waals surface area contributed by atoms with Gasteiger partial charge in [-0.3, -0.25) is 4.79 Å². The average molecular weight is 300 g/mol. The molecule has 0 radical (unpaired) electrons. The second-order valence-corrected chi connectivity index (χ2v) is 6.11. The summed E-state index contributed by atoms with van der Waals surface area (Å²) in [4.78, 5) is 10.4. The van der Waals surface area contributed by atoms with E-state index in [9.17, 15) is 4.79 Å². The molecule has 21 heavy (non-hydrogen) atoms. The predicted octanol–water partition coefficient (Wildman–Crippen LogP) is 5.57. The first-order valence-corrected chi connectivity index (χ1v) is 8.95. The Hall–Kier alpha value is -0.570. The summed E-state index contributed by atoms with van der Waals surface area (Å²) < 4.78 is 5.56. The first-order chi connectivity index (χ1) is 10.2. The molecule has 0 aliphatic carbocycles. The van der Waals surface area contributed by atoms with E-state index in [1.54, 1.807) is 0 Å². The molecule has 0 rings (SSSR count). The Kier molecular flexibility index (Phi) is 15.4. The molecule has 0 bridgehead atoms. The number of aliphatic carboxylic acids is 1. The number of rotatable bonds is 16. The van der Waals surface area contributed by atoms with Crippen molar-refractivity contribution < 1.29 is 14.6 Å². The summed E-state index contributed by atoms with van der Waals surface area (Å²) in [6.45, 7) is 2.25. The molecule has 0 aliphatic heterocycles. The van der Waals surface area contributed by atoms with Gasteiger partial charge in [-0.15, -0.1) is 0 Å². The number of unbranched alkanes of at least 4 members (excludes halogenated alkanes) is 9. The van der Waals surface area contributed by atoms with E-state index in [0.717, 1.165) is 12.8 Å². The number of hydrogen-bond acceptors (Lipinski definition) is 2. The van der Waals surface area contributed by atoms with Crippen LogP contribution < -0.4 is 0 Å². The van der Waals surface area contributed by atoms with E-state index >= 15 is 0 Å². The van der Waals surface area contributed by atoms with Crippen molar-refractivity contribution in [3.8, 4) is 0 Å². The van der Waals surface area contributed by atoms with Crippen LogP contribution in [0.15, 0.2) is 0 Å². The molecule has 0 saturated carbocycles. The first kappa shape index (κ1) is 20.4. The summed E-state index contributed by atoms with van der Waals surface area (Å²) in [5.41, 5.74) is 0. The fraction of sp³-hybridized carbons (Fsp3) is 0.944. The molecule has 0 amide bonds. The van der Waals surface area contributed by atoms with E-state index in [2.05, 4.69) is 6.92 Å². The normalized spacial score (nSPS) is 12.5. The van der Waals surface area contributed by atoms with Crippen LogP contribution in [0.4, 0.5) is 0 Å². The highest BCUT2D eigenvalue weighted by Gasteiger charge is 2.06. The summed E-state index contributed by atoms with van der Waals surface area (Å²) in [7, 11) is 1.84. The Bertz CT molecular complexity index is 229. The molecule has 1 unspecified atom stereocenters. The standard InChI is InChI=1S/C18H36O3/c1-3-4-5-11-14-17(21-2)15-12-9-7-6-8-10-13-16-18(19)20/h17H,3-16H2,1-2H3,(H,19,20). The van der Waals surface area contributed by atoms with Gasteiger partial charge in [0.1, 0.15) is 0 Å². The Balaban J connectivity index is 3.29. The zero-order chi connectivity index (χ0) is 15.8. The molecule has 1 N–H and O–H groups in total. The van der Waals surface area contributed by atoms with Crippen molar-refractivity contribution in [3.63, 3.8) is 0 Å². The van der Waals surface area contributed by atoms with Gasteiger partial charge < -0.3 is 9.84 Å². The molecule has 0 aromatic heterocycles. The molecule has 1 atom stereocenters. The van der Waals surface area contributed by atoms with Crippen LogP contribution in [0.5, 0.6) is 0 Å². The van der Waals surface area contributed by atoms with Gasteiger partial charge in [-0.1, -0.05) is 71.1 Å². The highest BCUT2D eigenvalue weighted by molar-refractivity contribution is 5.66. The van der Waals surface area contributed by atoms with Crippen LogP contribution in [-0.2, 0) is 9.53 Å². The third-order valence-corrected chi connectivity index (χ3v) is 4.13. The molecule has 0 spiro atoms. The molecule has 3 heteroatoms. The zero-order valence-electron chi connectivity index (χ0n) is 14.2.